The van der Waals surface area contributed by atoms with E-state index in [2.05, 4.69) is 21.4 Å². The van der Waals surface area contributed by atoms with Crippen molar-refractivity contribution in [3.05, 3.63) is 67.9 Å². The predicted molar refractivity (Wildman–Crippen MR) is 84.2 cm³/mol. The van der Waals surface area contributed by atoms with Gasteiger partial charge in [0.05, 0.1) is 6.04 Å². The van der Waals surface area contributed by atoms with Gasteiger partial charge < -0.3 is 0 Å². The standard InChI is InChI=1S/C15H15BrClFN2/c1-8-5-10(6-9(2)14(8)16)15(20-19)12-4-3-11(17)7-13(12)18/h3-7,15,20H,19H2,1-2H3. The van der Waals surface area contributed by atoms with E-state index >= 15 is 0 Å². The molecule has 1 unspecified atom stereocenters. The number of halogens is 3. The highest BCUT2D eigenvalue weighted by molar-refractivity contribution is 9.10. The van der Waals surface area contributed by atoms with Gasteiger partial charge in [-0.15, -0.1) is 0 Å². The summed E-state index contributed by atoms with van der Waals surface area (Å²) >= 11 is 9.31. The van der Waals surface area contributed by atoms with Gasteiger partial charge in [0.15, 0.2) is 0 Å². The molecule has 0 amide bonds. The molecule has 2 nitrogen and oxygen atoms in total. The number of hydrogen-bond acceptors (Lipinski definition) is 2. The molecule has 0 aromatic heterocycles. The molecule has 0 aliphatic carbocycles. The Kier molecular flexibility index (Phi) is 4.81. The van der Waals surface area contributed by atoms with Gasteiger partial charge in [-0.25, -0.2) is 9.82 Å². The highest BCUT2D eigenvalue weighted by Gasteiger charge is 2.18. The van der Waals surface area contributed by atoms with Crippen molar-refractivity contribution in [2.75, 3.05) is 0 Å². The Balaban J connectivity index is 2.52. The fourth-order valence-electron chi connectivity index (χ4n) is 2.25. The molecule has 0 fully saturated rings. The Morgan fingerprint density at radius 3 is 2.30 bits per heavy atom. The van der Waals surface area contributed by atoms with Crippen LogP contribution in [-0.2, 0) is 0 Å². The second-order valence-corrected chi connectivity index (χ2v) is 5.96. The van der Waals surface area contributed by atoms with Crippen LogP contribution in [0, 0.1) is 19.7 Å². The maximum atomic E-state index is 14.1. The summed E-state index contributed by atoms with van der Waals surface area (Å²) in [5, 5.41) is 0.366. The lowest BCUT2D eigenvalue weighted by molar-refractivity contribution is 0.560. The van der Waals surface area contributed by atoms with Crippen LogP contribution in [0.5, 0.6) is 0 Å². The molecule has 0 saturated carbocycles. The fourth-order valence-corrected chi connectivity index (χ4v) is 2.63. The second-order valence-electron chi connectivity index (χ2n) is 4.73. The average molecular weight is 358 g/mol. The van der Waals surface area contributed by atoms with Crippen molar-refractivity contribution in [1.29, 1.82) is 0 Å². The van der Waals surface area contributed by atoms with Crippen LogP contribution in [0.15, 0.2) is 34.8 Å². The lowest BCUT2D eigenvalue weighted by Crippen LogP contribution is -2.29. The number of nitrogens with two attached hydrogens (primary N) is 1. The minimum absolute atomic E-state index is 0.366. The van der Waals surface area contributed by atoms with E-state index in [1.807, 2.05) is 26.0 Å². The van der Waals surface area contributed by atoms with Gasteiger partial charge in [-0.3, -0.25) is 5.84 Å². The molecule has 2 rings (SSSR count). The number of aryl methyl sites for hydroxylation is 2. The van der Waals surface area contributed by atoms with Crippen molar-refractivity contribution in [2.24, 2.45) is 5.84 Å². The normalized spacial score (nSPS) is 12.5. The van der Waals surface area contributed by atoms with Gasteiger partial charge in [0.25, 0.3) is 0 Å². The molecule has 0 aliphatic heterocycles. The monoisotopic (exact) mass is 356 g/mol. The zero-order valence-electron chi connectivity index (χ0n) is 11.2. The van der Waals surface area contributed by atoms with E-state index in [4.69, 9.17) is 17.4 Å². The highest BCUT2D eigenvalue weighted by Crippen LogP contribution is 2.30. The molecule has 20 heavy (non-hydrogen) atoms. The van der Waals surface area contributed by atoms with Crippen molar-refractivity contribution in [1.82, 2.24) is 5.43 Å². The lowest BCUT2D eigenvalue weighted by atomic mass is 9.96. The van der Waals surface area contributed by atoms with Crippen LogP contribution >= 0.6 is 27.5 Å². The first-order valence-electron chi connectivity index (χ1n) is 6.11. The first-order chi connectivity index (χ1) is 9.43. The van der Waals surface area contributed by atoms with Gasteiger partial charge in [0.1, 0.15) is 5.82 Å². The number of hydrogen-bond donors (Lipinski definition) is 2. The topological polar surface area (TPSA) is 38.0 Å². The summed E-state index contributed by atoms with van der Waals surface area (Å²) in [6, 6.07) is 8.14. The smallest absolute Gasteiger partial charge is 0.129 e. The zero-order valence-corrected chi connectivity index (χ0v) is 13.5. The Hall–Kier alpha value is -0.940. The third kappa shape index (κ3) is 3.04. The summed E-state index contributed by atoms with van der Waals surface area (Å²) in [7, 11) is 0. The third-order valence-corrected chi connectivity index (χ3v) is 4.72. The van der Waals surface area contributed by atoms with E-state index in [9.17, 15) is 4.39 Å². The van der Waals surface area contributed by atoms with Crippen molar-refractivity contribution in [3.8, 4) is 0 Å². The molecular formula is C15H15BrClFN2. The quantitative estimate of drug-likeness (QED) is 0.631. The largest absolute Gasteiger partial charge is 0.271 e. The maximum Gasteiger partial charge on any atom is 0.129 e. The molecule has 2 aromatic rings. The Bertz CT molecular complexity index is 623. The highest BCUT2D eigenvalue weighted by atomic mass is 79.9. The Labute approximate surface area is 131 Å². The van der Waals surface area contributed by atoms with Crippen molar-refractivity contribution in [3.63, 3.8) is 0 Å². The zero-order chi connectivity index (χ0) is 14.9. The summed E-state index contributed by atoms with van der Waals surface area (Å²) < 4.78 is 15.1. The van der Waals surface area contributed by atoms with Gasteiger partial charge >= 0.3 is 0 Å². The van der Waals surface area contributed by atoms with Gasteiger partial charge in [-0.2, -0.15) is 0 Å². The number of nitrogens with one attached hydrogen (secondary N) is 1. The van der Waals surface area contributed by atoms with Gasteiger partial charge in [-0.05, 0) is 42.7 Å². The maximum absolute atomic E-state index is 14.1. The van der Waals surface area contributed by atoms with E-state index < -0.39 is 6.04 Å². The summed E-state index contributed by atoms with van der Waals surface area (Å²) in [4.78, 5) is 0. The molecule has 0 bridgehead atoms. The average Bonchev–Trinajstić information content (AvgIpc) is 2.39. The van der Waals surface area contributed by atoms with Gasteiger partial charge in [0, 0.05) is 15.1 Å². The van der Waals surface area contributed by atoms with Crippen LogP contribution in [0.1, 0.15) is 28.3 Å². The van der Waals surface area contributed by atoms with Crippen molar-refractivity contribution < 1.29 is 4.39 Å². The van der Waals surface area contributed by atoms with E-state index in [1.165, 1.54) is 6.07 Å². The molecule has 5 heteroatoms. The van der Waals surface area contributed by atoms with E-state index in [0.29, 0.717) is 10.6 Å². The molecule has 0 aliphatic rings. The molecule has 3 N–H and O–H groups in total. The molecule has 0 saturated heterocycles. The van der Waals surface area contributed by atoms with E-state index in [1.54, 1.807) is 12.1 Å². The molecule has 2 aromatic carbocycles. The lowest BCUT2D eigenvalue weighted by Gasteiger charge is -2.19. The molecule has 0 heterocycles. The van der Waals surface area contributed by atoms with Crippen LogP contribution in [-0.4, -0.2) is 0 Å². The molecule has 1 atom stereocenters. The molecule has 106 valence electrons. The van der Waals surface area contributed by atoms with E-state index in [0.717, 1.165) is 21.2 Å². The van der Waals surface area contributed by atoms with Gasteiger partial charge in [0.2, 0.25) is 0 Å². The van der Waals surface area contributed by atoms with Crippen LogP contribution in [0.2, 0.25) is 5.02 Å². The van der Waals surface area contributed by atoms with Gasteiger partial charge in [-0.1, -0.05) is 45.7 Å². The summed E-state index contributed by atoms with van der Waals surface area (Å²) in [5.74, 6) is 5.24. The predicted octanol–water partition coefficient (Wildman–Crippen LogP) is 4.41. The Morgan fingerprint density at radius 1 is 1.20 bits per heavy atom. The summed E-state index contributed by atoms with van der Waals surface area (Å²) in [6.45, 7) is 3.98. The summed E-state index contributed by atoms with van der Waals surface area (Å²) in [5.41, 5.74) is 6.21. The SMILES string of the molecule is Cc1cc(C(NN)c2ccc(Cl)cc2F)cc(C)c1Br. The van der Waals surface area contributed by atoms with Crippen LogP contribution in [0.25, 0.3) is 0 Å². The van der Waals surface area contributed by atoms with Crippen LogP contribution < -0.4 is 11.3 Å². The van der Waals surface area contributed by atoms with Crippen molar-refractivity contribution >= 4 is 27.5 Å². The molecular weight excluding hydrogens is 343 g/mol. The molecule has 0 spiro atoms. The molecule has 0 radical (unpaired) electrons. The number of benzene rings is 2. The van der Waals surface area contributed by atoms with Crippen LogP contribution in [0.4, 0.5) is 4.39 Å². The first-order valence-corrected chi connectivity index (χ1v) is 7.29. The first kappa shape index (κ1) is 15.4. The Morgan fingerprint density at radius 2 is 1.80 bits per heavy atom. The third-order valence-electron chi connectivity index (χ3n) is 3.23. The summed E-state index contributed by atoms with van der Waals surface area (Å²) in [6.07, 6.45) is 0. The number of rotatable bonds is 3. The van der Waals surface area contributed by atoms with Crippen LogP contribution in [0.3, 0.4) is 0 Å². The van der Waals surface area contributed by atoms with E-state index in [-0.39, 0.29) is 5.82 Å². The fraction of sp³-hybridized carbons (Fsp3) is 0.200. The second kappa shape index (κ2) is 6.22. The van der Waals surface area contributed by atoms with Crippen molar-refractivity contribution in [2.45, 2.75) is 19.9 Å². The minimum atomic E-state index is -0.419. The minimum Gasteiger partial charge on any atom is -0.271 e. The number of hydrazine groups is 1.